The largest absolute Gasteiger partial charge is 0.355 e. The van der Waals surface area contributed by atoms with Gasteiger partial charge >= 0.3 is 0 Å². The molecule has 0 aliphatic carbocycles. The number of thiophene rings is 1. The van der Waals surface area contributed by atoms with Crippen LogP contribution in [0.15, 0.2) is 17.5 Å². The van der Waals surface area contributed by atoms with Crippen molar-refractivity contribution in [1.82, 2.24) is 10.6 Å². The molecule has 1 aromatic heterocycles. The Balaban J connectivity index is 2.16. The Hall–Kier alpha value is -0.870. The summed E-state index contributed by atoms with van der Waals surface area (Å²) in [4.78, 5) is 11.9. The number of rotatable bonds is 5. The summed E-state index contributed by atoms with van der Waals surface area (Å²) in [6.07, 6.45) is 0. The van der Waals surface area contributed by atoms with E-state index in [1.807, 2.05) is 6.07 Å². The quantitative estimate of drug-likeness (QED) is 0.727. The van der Waals surface area contributed by atoms with E-state index >= 15 is 0 Å². The van der Waals surface area contributed by atoms with Crippen LogP contribution in [0.1, 0.15) is 24.8 Å². The van der Waals surface area contributed by atoms with E-state index < -0.39 is 0 Å². The zero-order valence-electron chi connectivity index (χ0n) is 8.54. The topological polar surface area (TPSA) is 41.1 Å². The van der Waals surface area contributed by atoms with E-state index in [-0.39, 0.29) is 5.91 Å². The second kappa shape index (κ2) is 5.78. The van der Waals surface area contributed by atoms with Crippen molar-refractivity contribution in [3.63, 3.8) is 0 Å². The van der Waals surface area contributed by atoms with Crippen LogP contribution in [0.25, 0.3) is 0 Å². The van der Waals surface area contributed by atoms with Gasteiger partial charge in [-0.2, -0.15) is 0 Å². The lowest BCUT2D eigenvalue weighted by molar-refractivity contribution is -0.118. The molecule has 0 saturated carbocycles. The Bertz CT molecular complexity index is 272. The molecule has 0 aliphatic rings. The van der Waals surface area contributed by atoms with Gasteiger partial charge in [-0.3, -0.25) is 4.79 Å². The summed E-state index contributed by atoms with van der Waals surface area (Å²) in [6.45, 7) is 5.14. The fraction of sp³-hybridized carbons (Fsp3) is 0.500. The summed E-state index contributed by atoms with van der Waals surface area (Å²) in [5.74, 6) is 0.0237. The molecule has 1 atom stereocenters. The highest BCUT2D eigenvalue weighted by atomic mass is 32.1. The fourth-order valence-electron chi connectivity index (χ4n) is 1.17. The molecule has 4 heteroatoms. The Morgan fingerprint density at radius 3 is 2.93 bits per heavy atom. The first-order valence-corrected chi connectivity index (χ1v) is 5.59. The molecule has 0 radical (unpaired) electrons. The van der Waals surface area contributed by atoms with E-state index in [9.17, 15) is 4.79 Å². The average Bonchev–Trinajstić information content (AvgIpc) is 2.64. The molecule has 1 aromatic rings. The number of nitrogens with one attached hydrogen (secondary N) is 2. The van der Waals surface area contributed by atoms with Gasteiger partial charge in [0.15, 0.2) is 0 Å². The second-order valence-corrected chi connectivity index (χ2v) is 4.15. The molecule has 2 N–H and O–H groups in total. The van der Waals surface area contributed by atoms with Gasteiger partial charge < -0.3 is 10.6 Å². The van der Waals surface area contributed by atoms with Crippen molar-refractivity contribution in [1.29, 1.82) is 0 Å². The van der Waals surface area contributed by atoms with Crippen molar-refractivity contribution in [3.8, 4) is 0 Å². The third-order valence-electron chi connectivity index (χ3n) is 1.92. The highest BCUT2D eigenvalue weighted by Gasteiger charge is 2.04. The molecule has 1 heterocycles. The van der Waals surface area contributed by atoms with Crippen LogP contribution < -0.4 is 10.6 Å². The summed E-state index contributed by atoms with van der Waals surface area (Å²) in [6, 6.07) is 4.52. The number of carbonyl (C=O) groups excluding carboxylic acids is 1. The Labute approximate surface area is 88.5 Å². The van der Waals surface area contributed by atoms with Crippen LogP contribution in [-0.4, -0.2) is 19.0 Å². The molecule has 0 spiro atoms. The van der Waals surface area contributed by atoms with Crippen molar-refractivity contribution in [2.75, 3.05) is 13.1 Å². The summed E-state index contributed by atoms with van der Waals surface area (Å²) >= 11 is 1.75. The van der Waals surface area contributed by atoms with Gasteiger partial charge in [-0.25, -0.2) is 0 Å². The van der Waals surface area contributed by atoms with Gasteiger partial charge in [-0.1, -0.05) is 6.07 Å². The molecule has 1 amide bonds. The first-order chi connectivity index (χ1) is 6.70. The maximum atomic E-state index is 10.6. The van der Waals surface area contributed by atoms with Crippen LogP contribution in [0.2, 0.25) is 0 Å². The van der Waals surface area contributed by atoms with Crippen LogP contribution in [0.5, 0.6) is 0 Å². The van der Waals surface area contributed by atoms with Gasteiger partial charge in [0.05, 0.1) is 0 Å². The molecule has 0 aromatic carbocycles. The molecule has 3 nitrogen and oxygen atoms in total. The first kappa shape index (κ1) is 11.2. The third kappa shape index (κ3) is 3.89. The standard InChI is InChI=1S/C10H16N2OS/c1-8(10-4-3-7-14-10)11-5-6-12-9(2)13/h3-4,7-8,11H,5-6H2,1-2H3,(H,12,13)/t8-/m0/s1. The monoisotopic (exact) mass is 212 g/mol. The highest BCUT2D eigenvalue weighted by Crippen LogP contribution is 2.17. The van der Waals surface area contributed by atoms with Gasteiger partial charge in [0.2, 0.25) is 5.91 Å². The third-order valence-corrected chi connectivity index (χ3v) is 2.97. The van der Waals surface area contributed by atoms with Crippen LogP contribution in [-0.2, 0) is 4.79 Å². The first-order valence-electron chi connectivity index (χ1n) is 4.71. The van der Waals surface area contributed by atoms with E-state index in [2.05, 4.69) is 29.0 Å². The molecule has 0 saturated heterocycles. The smallest absolute Gasteiger partial charge is 0.216 e. The molecule has 0 unspecified atom stereocenters. The Morgan fingerprint density at radius 2 is 2.36 bits per heavy atom. The van der Waals surface area contributed by atoms with Crippen LogP contribution in [0, 0.1) is 0 Å². The number of hydrogen-bond acceptors (Lipinski definition) is 3. The summed E-state index contributed by atoms with van der Waals surface area (Å²) < 4.78 is 0. The van der Waals surface area contributed by atoms with Crippen LogP contribution in [0.3, 0.4) is 0 Å². The SMILES string of the molecule is CC(=O)NCCN[C@@H](C)c1cccs1. The lowest BCUT2D eigenvalue weighted by atomic mass is 10.3. The summed E-state index contributed by atoms with van der Waals surface area (Å²) in [5, 5.41) is 8.15. The van der Waals surface area contributed by atoms with Gasteiger partial charge in [-0.05, 0) is 18.4 Å². The van der Waals surface area contributed by atoms with E-state index in [1.165, 1.54) is 11.8 Å². The molecular weight excluding hydrogens is 196 g/mol. The van der Waals surface area contributed by atoms with Crippen molar-refractivity contribution < 1.29 is 4.79 Å². The molecule has 78 valence electrons. The number of carbonyl (C=O) groups is 1. The van der Waals surface area contributed by atoms with Crippen molar-refractivity contribution in [3.05, 3.63) is 22.4 Å². The fourth-order valence-corrected chi connectivity index (χ4v) is 1.92. The minimum Gasteiger partial charge on any atom is -0.355 e. The molecular formula is C10H16N2OS. The minimum absolute atomic E-state index is 0.0237. The van der Waals surface area contributed by atoms with Gasteiger partial charge in [-0.15, -0.1) is 11.3 Å². The van der Waals surface area contributed by atoms with E-state index in [1.54, 1.807) is 11.3 Å². The van der Waals surface area contributed by atoms with E-state index in [0.717, 1.165) is 6.54 Å². The maximum Gasteiger partial charge on any atom is 0.216 e. The van der Waals surface area contributed by atoms with Crippen molar-refractivity contribution in [2.24, 2.45) is 0 Å². The van der Waals surface area contributed by atoms with Crippen LogP contribution >= 0.6 is 11.3 Å². The summed E-state index contributed by atoms with van der Waals surface area (Å²) in [7, 11) is 0. The molecule has 0 bridgehead atoms. The number of amides is 1. The highest BCUT2D eigenvalue weighted by molar-refractivity contribution is 7.10. The molecule has 14 heavy (non-hydrogen) atoms. The van der Waals surface area contributed by atoms with Gasteiger partial charge in [0, 0.05) is 30.9 Å². The molecule has 0 aliphatic heterocycles. The molecule has 1 rings (SSSR count). The normalized spacial score (nSPS) is 12.4. The number of hydrogen-bond donors (Lipinski definition) is 2. The second-order valence-electron chi connectivity index (χ2n) is 3.17. The maximum absolute atomic E-state index is 10.6. The molecule has 0 fully saturated rings. The van der Waals surface area contributed by atoms with Gasteiger partial charge in [0.1, 0.15) is 0 Å². The lowest BCUT2D eigenvalue weighted by Gasteiger charge is -2.11. The predicted octanol–water partition coefficient (Wildman–Crippen LogP) is 1.53. The lowest BCUT2D eigenvalue weighted by Crippen LogP contribution is -2.31. The zero-order valence-corrected chi connectivity index (χ0v) is 9.36. The summed E-state index contributed by atoms with van der Waals surface area (Å²) in [5.41, 5.74) is 0. The van der Waals surface area contributed by atoms with Gasteiger partial charge in [0.25, 0.3) is 0 Å². The zero-order chi connectivity index (χ0) is 10.4. The van der Waals surface area contributed by atoms with E-state index in [4.69, 9.17) is 0 Å². The Morgan fingerprint density at radius 1 is 1.57 bits per heavy atom. The average molecular weight is 212 g/mol. The minimum atomic E-state index is 0.0237. The Kier molecular flexibility index (Phi) is 4.62. The van der Waals surface area contributed by atoms with Crippen molar-refractivity contribution in [2.45, 2.75) is 19.9 Å². The predicted molar refractivity (Wildman–Crippen MR) is 59.4 cm³/mol. The van der Waals surface area contributed by atoms with Crippen LogP contribution in [0.4, 0.5) is 0 Å². The van der Waals surface area contributed by atoms with E-state index in [0.29, 0.717) is 12.6 Å². The van der Waals surface area contributed by atoms with Crippen molar-refractivity contribution >= 4 is 17.2 Å².